The van der Waals surface area contributed by atoms with E-state index in [1.165, 1.54) is 12.8 Å². The summed E-state index contributed by atoms with van der Waals surface area (Å²) in [7, 11) is 1.67. The first-order valence-electron chi connectivity index (χ1n) is 6.90. The van der Waals surface area contributed by atoms with Crippen LogP contribution in [0.15, 0.2) is 12.4 Å². The number of ether oxygens (including phenoxy) is 1. The van der Waals surface area contributed by atoms with Crippen molar-refractivity contribution in [2.24, 2.45) is 5.92 Å². The molecule has 19 heavy (non-hydrogen) atoms. The predicted molar refractivity (Wildman–Crippen MR) is 72.9 cm³/mol. The minimum absolute atomic E-state index is 0.157. The number of nitrogens with zero attached hydrogens (tertiary/aromatic N) is 3. The summed E-state index contributed by atoms with van der Waals surface area (Å²) in [6.07, 6.45) is 6.09. The molecule has 1 aliphatic carbocycles. The van der Waals surface area contributed by atoms with Gasteiger partial charge in [-0.15, -0.1) is 0 Å². The monoisotopic (exact) mass is 265 g/mol. The number of carbonyl (C=O) groups excluding carboxylic acids is 1. The summed E-state index contributed by atoms with van der Waals surface area (Å²) in [6, 6.07) is -0.196. The van der Waals surface area contributed by atoms with Gasteiger partial charge in [0.25, 0.3) is 0 Å². The highest BCUT2D eigenvalue weighted by atomic mass is 16.5. The van der Waals surface area contributed by atoms with Crippen LogP contribution in [-0.4, -0.2) is 47.2 Å². The minimum atomic E-state index is -0.196. The first-order valence-corrected chi connectivity index (χ1v) is 6.90. The molecule has 0 spiro atoms. The summed E-state index contributed by atoms with van der Waals surface area (Å²) in [6.45, 7) is 5.98. The highest BCUT2D eigenvalue weighted by Gasteiger charge is 2.29. The van der Waals surface area contributed by atoms with Crippen LogP contribution in [0.25, 0.3) is 0 Å². The van der Waals surface area contributed by atoms with Gasteiger partial charge in [0.1, 0.15) is 11.9 Å². The molecule has 2 rings (SSSR count). The first kappa shape index (κ1) is 14.1. The smallest absolute Gasteiger partial charge is 0.245 e. The van der Waals surface area contributed by atoms with E-state index in [1.807, 2.05) is 29.5 Å². The molecule has 1 aliphatic rings. The van der Waals surface area contributed by atoms with E-state index in [2.05, 4.69) is 4.98 Å². The Kier molecular flexibility index (Phi) is 4.58. The third-order valence-corrected chi connectivity index (χ3v) is 3.69. The van der Waals surface area contributed by atoms with Crippen LogP contribution in [0.2, 0.25) is 0 Å². The van der Waals surface area contributed by atoms with E-state index in [9.17, 15) is 4.79 Å². The molecule has 0 radical (unpaired) electrons. The number of methoxy groups -OCH3 is 1. The first-order chi connectivity index (χ1) is 9.13. The summed E-state index contributed by atoms with van der Waals surface area (Å²) in [5.41, 5.74) is 0. The molecule has 1 aromatic heterocycles. The van der Waals surface area contributed by atoms with Gasteiger partial charge in [-0.05, 0) is 32.6 Å². The molecule has 106 valence electrons. The lowest BCUT2D eigenvalue weighted by atomic mass is 10.2. The largest absolute Gasteiger partial charge is 0.383 e. The van der Waals surface area contributed by atoms with E-state index < -0.39 is 0 Å². The van der Waals surface area contributed by atoms with Crippen molar-refractivity contribution in [3.8, 4) is 0 Å². The van der Waals surface area contributed by atoms with Gasteiger partial charge in [-0.1, -0.05) is 0 Å². The van der Waals surface area contributed by atoms with Gasteiger partial charge in [0.15, 0.2) is 0 Å². The normalized spacial score (nSPS) is 16.4. The van der Waals surface area contributed by atoms with Crippen molar-refractivity contribution in [3.05, 3.63) is 18.2 Å². The third-order valence-electron chi connectivity index (χ3n) is 3.69. The fourth-order valence-corrected chi connectivity index (χ4v) is 2.29. The predicted octanol–water partition coefficient (Wildman–Crippen LogP) is 1.64. The van der Waals surface area contributed by atoms with Gasteiger partial charge in [0.05, 0.1) is 6.61 Å². The molecule has 5 heteroatoms. The van der Waals surface area contributed by atoms with Gasteiger partial charge in [-0.3, -0.25) is 4.79 Å². The molecule has 1 fully saturated rings. The van der Waals surface area contributed by atoms with Gasteiger partial charge < -0.3 is 14.2 Å². The van der Waals surface area contributed by atoms with E-state index in [-0.39, 0.29) is 11.9 Å². The zero-order valence-corrected chi connectivity index (χ0v) is 12.0. The van der Waals surface area contributed by atoms with Crippen molar-refractivity contribution in [1.82, 2.24) is 14.5 Å². The van der Waals surface area contributed by atoms with E-state index in [0.717, 1.165) is 12.4 Å². The van der Waals surface area contributed by atoms with Crippen LogP contribution < -0.4 is 0 Å². The van der Waals surface area contributed by atoms with Crippen molar-refractivity contribution in [2.45, 2.75) is 32.7 Å². The molecule has 0 aliphatic heterocycles. The van der Waals surface area contributed by atoms with E-state index >= 15 is 0 Å². The van der Waals surface area contributed by atoms with Crippen LogP contribution in [0.5, 0.6) is 0 Å². The van der Waals surface area contributed by atoms with Gasteiger partial charge >= 0.3 is 0 Å². The Labute approximate surface area is 114 Å². The van der Waals surface area contributed by atoms with Crippen LogP contribution in [0.4, 0.5) is 0 Å². The second kappa shape index (κ2) is 6.19. The van der Waals surface area contributed by atoms with Crippen LogP contribution in [0.3, 0.4) is 0 Å². The van der Waals surface area contributed by atoms with Crippen LogP contribution in [0.1, 0.15) is 31.6 Å². The van der Waals surface area contributed by atoms with Crippen LogP contribution in [0, 0.1) is 12.8 Å². The molecule has 5 nitrogen and oxygen atoms in total. The number of hydrogen-bond acceptors (Lipinski definition) is 3. The number of carbonyl (C=O) groups is 1. The second-order valence-corrected chi connectivity index (χ2v) is 5.28. The number of hydrogen-bond donors (Lipinski definition) is 0. The number of aromatic nitrogens is 2. The lowest BCUT2D eigenvalue weighted by molar-refractivity contribution is -0.135. The maximum absolute atomic E-state index is 12.6. The van der Waals surface area contributed by atoms with Gasteiger partial charge in [-0.25, -0.2) is 4.98 Å². The highest BCUT2D eigenvalue weighted by molar-refractivity contribution is 5.80. The Morgan fingerprint density at radius 3 is 2.89 bits per heavy atom. The summed E-state index contributed by atoms with van der Waals surface area (Å²) >= 11 is 0. The molecule has 0 unspecified atom stereocenters. The molecular weight excluding hydrogens is 242 g/mol. The third kappa shape index (κ3) is 3.56. The van der Waals surface area contributed by atoms with Crippen molar-refractivity contribution in [1.29, 1.82) is 0 Å². The molecule has 1 aromatic rings. The van der Waals surface area contributed by atoms with Crippen molar-refractivity contribution < 1.29 is 9.53 Å². The van der Waals surface area contributed by atoms with Crippen molar-refractivity contribution in [2.75, 3.05) is 26.8 Å². The second-order valence-electron chi connectivity index (χ2n) is 5.28. The summed E-state index contributed by atoms with van der Waals surface area (Å²) in [5.74, 6) is 1.72. The number of aryl methyl sites for hydroxylation is 1. The molecule has 0 saturated heterocycles. The average molecular weight is 265 g/mol. The topological polar surface area (TPSA) is 47.4 Å². The summed E-state index contributed by atoms with van der Waals surface area (Å²) in [4.78, 5) is 18.7. The zero-order chi connectivity index (χ0) is 13.8. The Balaban J connectivity index is 2.02. The van der Waals surface area contributed by atoms with Crippen LogP contribution in [-0.2, 0) is 9.53 Å². The molecule has 1 amide bonds. The van der Waals surface area contributed by atoms with E-state index in [1.54, 1.807) is 13.3 Å². The maximum atomic E-state index is 12.6. The Morgan fingerprint density at radius 2 is 2.37 bits per heavy atom. The average Bonchev–Trinajstić information content (AvgIpc) is 3.12. The maximum Gasteiger partial charge on any atom is 0.245 e. The lowest BCUT2D eigenvalue weighted by Gasteiger charge is -2.26. The van der Waals surface area contributed by atoms with Gasteiger partial charge in [0.2, 0.25) is 5.91 Å². The molecule has 0 bridgehead atoms. The van der Waals surface area contributed by atoms with Gasteiger partial charge in [-0.2, -0.15) is 0 Å². The molecule has 1 heterocycles. The molecule has 1 atom stereocenters. The van der Waals surface area contributed by atoms with E-state index in [4.69, 9.17) is 4.74 Å². The molecule has 0 aromatic carbocycles. The summed E-state index contributed by atoms with van der Waals surface area (Å²) in [5, 5.41) is 0. The van der Waals surface area contributed by atoms with Crippen molar-refractivity contribution in [3.63, 3.8) is 0 Å². The fraction of sp³-hybridized carbons (Fsp3) is 0.714. The number of rotatable bonds is 7. The standard InChI is InChI=1S/C14H23N3O2/c1-11(17-7-6-15-12(17)2)14(18)16(8-9-19-3)10-13-4-5-13/h6-7,11,13H,4-5,8-10H2,1-3H3/t11-/m1/s1. The zero-order valence-electron chi connectivity index (χ0n) is 12.0. The Hall–Kier alpha value is -1.36. The SMILES string of the molecule is COCCN(CC1CC1)C(=O)[C@@H](C)n1ccnc1C. The van der Waals surface area contributed by atoms with Crippen LogP contribution >= 0.6 is 0 Å². The fourth-order valence-electron chi connectivity index (χ4n) is 2.29. The highest BCUT2D eigenvalue weighted by Crippen LogP contribution is 2.30. The van der Waals surface area contributed by atoms with Crippen molar-refractivity contribution >= 4 is 5.91 Å². The number of amides is 1. The Morgan fingerprint density at radius 1 is 1.63 bits per heavy atom. The quantitative estimate of drug-likeness (QED) is 0.753. The summed E-state index contributed by atoms with van der Waals surface area (Å²) < 4.78 is 7.03. The molecular formula is C14H23N3O2. The molecule has 0 N–H and O–H groups in total. The van der Waals surface area contributed by atoms with Gasteiger partial charge in [0, 0.05) is 32.6 Å². The lowest BCUT2D eigenvalue weighted by Crippen LogP contribution is -2.39. The molecule has 1 saturated carbocycles. The number of imidazole rings is 1. The minimum Gasteiger partial charge on any atom is -0.383 e. The Bertz CT molecular complexity index is 426. The van der Waals surface area contributed by atoms with E-state index in [0.29, 0.717) is 19.1 Å².